The molecule has 24 heavy (non-hydrogen) atoms. The molecule has 2 aromatic rings. The number of fused-ring (bicyclic) bond motifs is 1. The molecule has 0 radical (unpaired) electrons. The van der Waals surface area contributed by atoms with E-state index in [2.05, 4.69) is 10.3 Å². The predicted molar refractivity (Wildman–Crippen MR) is 81.8 cm³/mol. The number of sulfonamides is 1. The molecule has 0 amide bonds. The summed E-state index contributed by atoms with van der Waals surface area (Å²) in [6.45, 7) is 0.191. The fourth-order valence-corrected chi connectivity index (χ4v) is 3.66. The molecule has 0 atom stereocenters. The van der Waals surface area contributed by atoms with E-state index < -0.39 is 15.5 Å². The zero-order chi connectivity index (χ0) is 17.4. The number of anilines is 1. The van der Waals surface area contributed by atoms with E-state index >= 15 is 0 Å². The highest BCUT2D eigenvalue weighted by atomic mass is 32.2. The third-order valence-corrected chi connectivity index (χ3v) is 5.67. The Hall–Kier alpha value is -1.81. The van der Waals surface area contributed by atoms with Gasteiger partial charge in [0.25, 0.3) is 6.01 Å². The van der Waals surface area contributed by atoms with Crippen molar-refractivity contribution in [2.75, 3.05) is 25.0 Å². The molecule has 132 valence electrons. The topological polar surface area (TPSA) is 75.4 Å². The summed E-state index contributed by atoms with van der Waals surface area (Å²) in [5.74, 6) is 0.0553. The highest BCUT2D eigenvalue weighted by Gasteiger charge is 2.50. The van der Waals surface area contributed by atoms with Crippen molar-refractivity contribution >= 4 is 27.1 Å². The summed E-state index contributed by atoms with van der Waals surface area (Å²) in [4.78, 5) is 4.25. The predicted octanol–water partition coefficient (Wildman–Crippen LogP) is 2.80. The van der Waals surface area contributed by atoms with Crippen molar-refractivity contribution < 1.29 is 26.0 Å². The van der Waals surface area contributed by atoms with Gasteiger partial charge in [-0.15, -0.1) is 0 Å². The van der Waals surface area contributed by atoms with Crippen molar-refractivity contribution in [3.63, 3.8) is 0 Å². The van der Waals surface area contributed by atoms with Crippen LogP contribution in [0.1, 0.15) is 12.8 Å². The summed E-state index contributed by atoms with van der Waals surface area (Å²) in [7, 11) is -5.23. The lowest BCUT2D eigenvalue weighted by Crippen LogP contribution is -2.45. The van der Waals surface area contributed by atoms with Gasteiger partial charge in [-0.05, 0) is 30.9 Å². The Bertz CT molecular complexity index is 778. The van der Waals surface area contributed by atoms with Crippen LogP contribution in [-0.4, -0.2) is 42.8 Å². The molecule has 1 aromatic carbocycles. The number of nitrogens with one attached hydrogen (secondary N) is 1. The Morgan fingerprint density at radius 2 is 1.92 bits per heavy atom. The normalized spacial score (nSPS) is 18.1. The first kappa shape index (κ1) is 17.0. The molecule has 1 saturated heterocycles. The molecule has 0 unspecified atom stereocenters. The number of halogens is 3. The lowest BCUT2D eigenvalue weighted by molar-refractivity contribution is -0.0496. The van der Waals surface area contributed by atoms with E-state index in [9.17, 15) is 21.6 Å². The summed E-state index contributed by atoms with van der Waals surface area (Å²) < 4.78 is 66.3. The SMILES string of the molecule is O=S(=O)(N1CCC(CNc2nc3ccccc3o2)CC1)C(F)(F)F. The van der Waals surface area contributed by atoms with Crippen LogP contribution in [0.15, 0.2) is 28.7 Å². The molecular weight excluding hydrogens is 347 g/mol. The van der Waals surface area contributed by atoms with Crippen molar-refractivity contribution in [2.24, 2.45) is 5.92 Å². The second kappa shape index (κ2) is 6.25. The van der Waals surface area contributed by atoms with Gasteiger partial charge in [0.15, 0.2) is 5.58 Å². The zero-order valence-electron chi connectivity index (χ0n) is 12.6. The van der Waals surface area contributed by atoms with Gasteiger partial charge >= 0.3 is 15.5 Å². The molecule has 1 aromatic heterocycles. The number of nitrogens with zero attached hydrogens (tertiary/aromatic N) is 2. The van der Waals surface area contributed by atoms with Gasteiger partial charge in [0.05, 0.1) is 0 Å². The van der Waals surface area contributed by atoms with Gasteiger partial charge in [-0.2, -0.15) is 22.5 Å². The minimum atomic E-state index is -5.24. The maximum Gasteiger partial charge on any atom is 0.511 e. The first-order valence-corrected chi connectivity index (χ1v) is 8.87. The van der Waals surface area contributed by atoms with Gasteiger partial charge in [0.1, 0.15) is 5.52 Å². The maximum atomic E-state index is 12.5. The van der Waals surface area contributed by atoms with E-state index in [1.807, 2.05) is 18.2 Å². The first-order valence-electron chi connectivity index (χ1n) is 7.43. The molecule has 0 spiro atoms. The maximum absolute atomic E-state index is 12.5. The average Bonchev–Trinajstić information content (AvgIpc) is 2.95. The molecule has 1 N–H and O–H groups in total. The third kappa shape index (κ3) is 3.34. The van der Waals surface area contributed by atoms with Crippen LogP contribution in [0.5, 0.6) is 0 Å². The van der Waals surface area contributed by atoms with Crippen molar-refractivity contribution in [3.8, 4) is 0 Å². The molecule has 10 heteroatoms. The van der Waals surface area contributed by atoms with Gasteiger partial charge in [-0.1, -0.05) is 12.1 Å². The first-order chi connectivity index (χ1) is 11.3. The van der Waals surface area contributed by atoms with E-state index in [1.165, 1.54) is 0 Å². The molecule has 0 saturated carbocycles. The second-order valence-corrected chi connectivity index (χ2v) is 7.59. The number of hydrogen-bond donors (Lipinski definition) is 1. The number of alkyl halides is 3. The van der Waals surface area contributed by atoms with Gasteiger partial charge in [-0.3, -0.25) is 0 Å². The van der Waals surface area contributed by atoms with Crippen LogP contribution < -0.4 is 5.32 Å². The summed E-state index contributed by atoms with van der Waals surface area (Å²) >= 11 is 0. The number of rotatable bonds is 4. The van der Waals surface area contributed by atoms with Gasteiger partial charge in [0.2, 0.25) is 0 Å². The second-order valence-electron chi connectivity index (χ2n) is 5.66. The number of oxazole rings is 1. The fraction of sp³-hybridized carbons (Fsp3) is 0.500. The van der Waals surface area contributed by atoms with Crippen LogP contribution in [0.2, 0.25) is 0 Å². The van der Waals surface area contributed by atoms with Crippen molar-refractivity contribution in [3.05, 3.63) is 24.3 Å². The van der Waals surface area contributed by atoms with E-state index in [0.29, 0.717) is 40.8 Å². The minimum absolute atomic E-state index is 0.0553. The van der Waals surface area contributed by atoms with Crippen molar-refractivity contribution in [2.45, 2.75) is 18.3 Å². The number of aromatic nitrogens is 1. The molecule has 0 bridgehead atoms. The van der Waals surface area contributed by atoms with Gasteiger partial charge in [-0.25, -0.2) is 8.42 Å². The monoisotopic (exact) mass is 363 g/mol. The Labute approximate surface area is 136 Å². The van der Waals surface area contributed by atoms with Crippen LogP contribution in [0, 0.1) is 5.92 Å². The lowest BCUT2D eigenvalue weighted by Gasteiger charge is -2.31. The molecule has 1 aliphatic rings. The molecule has 1 fully saturated rings. The van der Waals surface area contributed by atoms with E-state index in [1.54, 1.807) is 6.07 Å². The van der Waals surface area contributed by atoms with Crippen LogP contribution >= 0.6 is 0 Å². The molecule has 0 aliphatic carbocycles. The Kier molecular flexibility index (Phi) is 4.43. The Balaban J connectivity index is 1.54. The van der Waals surface area contributed by atoms with Crippen LogP contribution in [0.25, 0.3) is 11.1 Å². The summed E-state index contributed by atoms with van der Waals surface area (Å²) in [5, 5.41) is 3.02. The molecule has 6 nitrogen and oxygen atoms in total. The molecule has 3 rings (SSSR count). The Morgan fingerprint density at radius 3 is 2.54 bits per heavy atom. The summed E-state index contributed by atoms with van der Waals surface area (Å²) in [6, 6.07) is 7.61. The summed E-state index contributed by atoms with van der Waals surface area (Å²) in [5.41, 5.74) is -3.88. The molecule has 1 aliphatic heterocycles. The smallest absolute Gasteiger partial charge is 0.424 e. The quantitative estimate of drug-likeness (QED) is 0.904. The number of para-hydroxylation sites is 2. The fourth-order valence-electron chi connectivity index (χ4n) is 2.68. The highest BCUT2D eigenvalue weighted by Crippen LogP contribution is 2.30. The average molecular weight is 363 g/mol. The number of benzene rings is 1. The largest absolute Gasteiger partial charge is 0.511 e. The van der Waals surface area contributed by atoms with Crippen LogP contribution in [0.3, 0.4) is 0 Å². The zero-order valence-corrected chi connectivity index (χ0v) is 13.4. The Morgan fingerprint density at radius 1 is 1.25 bits per heavy atom. The summed E-state index contributed by atoms with van der Waals surface area (Å²) in [6.07, 6.45) is 0.699. The lowest BCUT2D eigenvalue weighted by atomic mass is 9.98. The molecule has 2 heterocycles. The number of piperidine rings is 1. The standard InChI is InChI=1S/C14H16F3N3O3S/c15-14(16,17)24(21,22)20-7-5-10(6-8-20)9-18-13-19-11-3-1-2-4-12(11)23-13/h1-4,10H,5-9H2,(H,18,19). The minimum Gasteiger partial charge on any atom is -0.424 e. The molecular formula is C14H16F3N3O3S. The van der Waals surface area contributed by atoms with Crippen molar-refractivity contribution in [1.29, 1.82) is 0 Å². The van der Waals surface area contributed by atoms with Crippen LogP contribution in [0.4, 0.5) is 19.2 Å². The van der Waals surface area contributed by atoms with Crippen molar-refractivity contribution in [1.82, 2.24) is 9.29 Å². The van der Waals surface area contributed by atoms with Gasteiger partial charge < -0.3 is 9.73 Å². The third-order valence-electron chi connectivity index (χ3n) is 4.04. The van der Waals surface area contributed by atoms with E-state index in [-0.39, 0.29) is 19.0 Å². The van der Waals surface area contributed by atoms with Crippen LogP contribution in [-0.2, 0) is 10.0 Å². The number of hydrogen-bond acceptors (Lipinski definition) is 5. The highest BCUT2D eigenvalue weighted by molar-refractivity contribution is 7.90. The van der Waals surface area contributed by atoms with E-state index in [4.69, 9.17) is 4.42 Å². The van der Waals surface area contributed by atoms with E-state index in [0.717, 1.165) is 0 Å². The van der Waals surface area contributed by atoms with Gasteiger partial charge in [0, 0.05) is 19.6 Å².